The molecule has 1 aromatic carbocycles. The van der Waals surface area contributed by atoms with Gasteiger partial charge in [-0.3, -0.25) is 14.9 Å². The second-order valence-electron chi connectivity index (χ2n) is 5.11. The molecule has 1 fully saturated rings. The molecule has 2 N–H and O–H groups in total. The summed E-state index contributed by atoms with van der Waals surface area (Å²) in [6, 6.07) is 4.59. The van der Waals surface area contributed by atoms with Crippen molar-refractivity contribution < 1.29 is 9.72 Å². The summed E-state index contributed by atoms with van der Waals surface area (Å²) in [5, 5.41) is 17.0. The summed E-state index contributed by atoms with van der Waals surface area (Å²) in [6.45, 7) is 4.20. The summed E-state index contributed by atoms with van der Waals surface area (Å²) < 4.78 is 0. The molecule has 0 radical (unpaired) electrons. The van der Waals surface area contributed by atoms with Gasteiger partial charge in [0.2, 0.25) is 0 Å². The number of benzene rings is 1. The molecular formula is C14H19N3O3. The molecule has 1 aliphatic rings. The van der Waals surface area contributed by atoms with Crippen LogP contribution in [0.2, 0.25) is 0 Å². The van der Waals surface area contributed by atoms with E-state index in [1.165, 1.54) is 6.07 Å². The van der Waals surface area contributed by atoms with Crippen molar-refractivity contribution in [1.29, 1.82) is 0 Å². The highest BCUT2D eigenvalue weighted by Gasteiger charge is 2.19. The van der Waals surface area contributed by atoms with E-state index in [0.29, 0.717) is 23.6 Å². The first-order valence-electron chi connectivity index (χ1n) is 6.82. The maximum atomic E-state index is 12.1. The van der Waals surface area contributed by atoms with E-state index in [0.717, 1.165) is 25.9 Å². The quantitative estimate of drug-likeness (QED) is 0.647. The Kier molecular flexibility index (Phi) is 4.68. The minimum absolute atomic E-state index is 0.0143. The molecule has 2 rings (SSSR count). The maximum Gasteiger partial charge on any atom is 0.273 e. The van der Waals surface area contributed by atoms with Gasteiger partial charge in [0, 0.05) is 23.7 Å². The van der Waals surface area contributed by atoms with E-state index in [1.807, 2.05) is 0 Å². The molecule has 0 unspecified atom stereocenters. The fourth-order valence-electron chi connectivity index (χ4n) is 2.49. The first kappa shape index (κ1) is 14.5. The highest BCUT2D eigenvalue weighted by atomic mass is 16.6. The van der Waals surface area contributed by atoms with Gasteiger partial charge in [0.25, 0.3) is 11.6 Å². The van der Waals surface area contributed by atoms with Crippen LogP contribution in [0.25, 0.3) is 0 Å². The molecule has 0 spiro atoms. The molecular weight excluding hydrogens is 258 g/mol. The van der Waals surface area contributed by atoms with Gasteiger partial charge in [0.1, 0.15) is 0 Å². The smallest absolute Gasteiger partial charge is 0.273 e. The third kappa shape index (κ3) is 3.33. The molecule has 0 aromatic heterocycles. The lowest BCUT2D eigenvalue weighted by atomic mass is 9.98. The molecule has 1 heterocycles. The van der Waals surface area contributed by atoms with E-state index in [9.17, 15) is 14.9 Å². The first-order valence-corrected chi connectivity index (χ1v) is 6.82. The number of nitrogens with zero attached hydrogens (tertiary/aromatic N) is 1. The normalized spacial score (nSPS) is 15.8. The first-order chi connectivity index (χ1) is 9.59. The fraction of sp³-hybridized carbons (Fsp3) is 0.500. The molecule has 20 heavy (non-hydrogen) atoms. The summed E-state index contributed by atoms with van der Waals surface area (Å²) in [4.78, 5) is 22.5. The number of amides is 1. The zero-order valence-electron chi connectivity index (χ0n) is 11.5. The zero-order valence-corrected chi connectivity index (χ0v) is 11.5. The highest BCUT2D eigenvalue weighted by molar-refractivity contribution is 5.96. The van der Waals surface area contributed by atoms with Crippen LogP contribution in [-0.2, 0) is 0 Å². The molecule has 1 amide bonds. The number of hydrogen-bond acceptors (Lipinski definition) is 4. The van der Waals surface area contributed by atoms with Gasteiger partial charge in [-0.25, -0.2) is 0 Å². The lowest BCUT2D eigenvalue weighted by Crippen LogP contribution is -2.36. The van der Waals surface area contributed by atoms with E-state index in [4.69, 9.17) is 0 Å². The summed E-state index contributed by atoms with van der Waals surface area (Å²) in [7, 11) is 0. The van der Waals surface area contributed by atoms with Crippen molar-refractivity contribution in [2.24, 2.45) is 5.92 Å². The van der Waals surface area contributed by atoms with Gasteiger partial charge >= 0.3 is 0 Å². The van der Waals surface area contributed by atoms with Gasteiger partial charge in [-0.2, -0.15) is 0 Å². The number of nitro benzene ring substituents is 1. The average Bonchev–Trinajstić information content (AvgIpc) is 2.46. The molecule has 0 bridgehead atoms. The lowest BCUT2D eigenvalue weighted by molar-refractivity contribution is -0.385. The largest absolute Gasteiger partial charge is 0.352 e. The van der Waals surface area contributed by atoms with Gasteiger partial charge in [-0.05, 0) is 44.8 Å². The van der Waals surface area contributed by atoms with Gasteiger partial charge < -0.3 is 10.6 Å². The number of carbonyl (C=O) groups excluding carboxylic acids is 1. The predicted octanol–water partition coefficient (Wildman–Crippen LogP) is 1.63. The number of nitrogens with one attached hydrogen (secondary N) is 2. The van der Waals surface area contributed by atoms with E-state index in [2.05, 4.69) is 10.6 Å². The third-order valence-corrected chi connectivity index (χ3v) is 3.76. The minimum atomic E-state index is -0.459. The Labute approximate surface area is 117 Å². The van der Waals surface area contributed by atoms with E-state index in [-0.39, 0.29) is 11.6 Å². The summed E-state index contributed by atoms with van der Waals surface area (Å²) >= 11 is 0. The average molecular weight is 277 g/mol. The number of rotatable bonds is 4. The standard InChI is InChI=1S/C14H19N3O3/c1-10-12(3-2-4-13(10)17(19)20)14(18)16-9-11-5-7-15-8-6-11/h2-4,11,15H,5-9H2,1H3,(H,16,18). The van der Waals surface area contributed by atoms with Crippen LogP contribution in [0.3, 0.4) is 0 Å². The summed E-state index contributed by atoms with van der Waals surface area (Å²) in [5.74, 6) is 0.254. The van der Waals surface area contributed by atoms with E-state index in [1.54, 1.807) is 19.1 Å². The minimum Gasteiger partial charge on any atom is -0.352 e. The number of nitro groups is 1. The van der Waals surface area contributed by atoms with Crippen LogP contribution in [0.15, 0.2) is 18.2 Å². The van der Waals surface area contributed by atoms with Crippen LogP contribution >= 0.6 is 0 Å². The third-order valence-electron chi connectivity index (χ3n) is 3.76. The topological polar surface area (TPSA) is 84.3 Å². The Morgan fingerprint density at radius 1 is 1.45 bits per heavy atom. The number of carbonyl (C=O) groups is 1. The SMILES string of the molecule is Cc1c(C(=O)NCC2CCNCC2)cccc1[N+](=O)[O-]. The van der Waals surface area contributed by atoms with Crippen LogP contribution < -0.4 is 10.6 Å². The van der Waals surface area contributed by atoms with Crippen LogP contribution in [0, 0.1) is 23.0 Å². The maximum absolute atomic E-state index is 12.1. The molecule has 108 valence electrons. The molecule has 1 aromatic rings. The lowest BCUT2D eigenvalue weighted by Gasteiger charge is -2.22. The predicted molar refractivity (Wildman–Crippen MR) is 75.8 cm³/mol. The van der Waals surface area contributed by atoms with E-state index < -0.39 is 4.92 Å². The number of piperidine rings is 1. The molecule has 6 heteroatoms. The van der Waals surface area contributed by atoms with Gasteiger partial charge in [-0.15, -0.1) is 0 Å². The Hall–Kier alpha value is -1.95. The van der Waals surface area contributed by atoms with Crippen molar-refractivity contribution in [3.8, 4) is 0 Å². The second-order valence-corrected chi connectivity index (χ2v) is 5.11. The Balaban J connectivity index is 2.01. The molecule has 1 aliphatic heterocycles. The van der Waals surface area contributed by atoms with Gasteiger partial charge in [0.05, 0.1) is 4.92 Å². The highest BCUT2D eigenvalue weighted by Crippen LogP contribution is 2.21. The zero-order chi connectivity index (χ0) is 14.5. The van der Waals surface area contributed by atoms with Crippen LogP contribution in [0.1, 0.15) is 28.8 Å². The van der Waals surface area contributed by atoms with Crippen molar-refractivity contribution in [2.75, 3.05) is 19.6 Å². The Bertz CT molecular complexity index is 510. The van der Waals surface area contributed by atoms with Crippen molar-refractivity contribution in [1.82, 2.24) is 10.6 Å². The van der Waals surface area contributed by atoms with Crippen molar-refractivity contribution >= 4 is 11.6 Å². The molecule has 0 aliphatic carbocycles. The Morgan fingerprint density at radius 3 is 2.80 bits per heavy atom. The second kappa shape index (κ2) is 6.47. The number of hydrogen-bond donors (Lipinski definition) is 2. The summed E-state index contributed by atoms with van der Waals surface area (Å²) in [6.07, 6.45) is 2.10. The van der Waals surface area contributed by atoms with Crippen molar-refractivity contribution in [3.63, 3.8) is 0 Å². The fourth-order valence-corrected chi connectivity index (χ4v) is 2.49. The molecule has 6 nitrogen and oxygen atoms in total. The van der Waals surface area contributed by atoms with Crippen LogP contribution in [-0.4, -0.2) is 30.5 Å². The molecule has 0 atom stereocenters. The molecule has 1 saturated heterocycles. The van der Waals surface area contributed by atoms with Crippen molar-refractivity contribution in [2.45, 2.75) is 19.8 Å². The van der Waals surface area contributed by atoms with E-state index >= 15 is 0 Å². The monoisotopic (exact) mass is 277 g/mol. The van der Waals surface area contributed by atoms with Crippen LogP contribution in [0.5, 0.6) is 0 Å². The summed E-state index contributed by atoms with van der Waals surface area (Å²) in [5.41, 5.74) is 0.785. The van der Waals surface area contributed by atoms with Crippen molar-refractivity contribution in [3.05, 3.63) is 39.4 Å². The van der Waals surface area contributed by atoms with Gasteiger partial charge in [-0.1, -0.05) is 6.07 Å². The van der Waals surface area contributed by atoms with Gasteiger partial charge in [0.15, 0.2) is 0 Å². The Morgan fingerprint density at radius 2 is 2.15 bits per heavy atom. The molecule has 0 saturated carbocycles. The van der Waals surface area contributed by atoms with Crippen LogP contribution in [0.4, 0.5) is 5.69 Å².